The molecule has 218 valence electrons. The molecule has 1 aromatic rings. The van der Waals surface area contributed by atoms with Gasteiger partial charge in [0.05, 0.1) is 20.3 Å². The van der Waals surface area contributed by atoms with Gasteiger partial charge in [0, 0.05) is 11.6 Å². The average molecular weight is 559 g/mol. The highest BCUT2D eigenvalue weighted by Crippen LogP contribution is 2.37. The standard InChI is InChI=1S/C25H34O14/c1-25(2)5-4-10-6-11(13(34-3)7-12(10)39-25)22(33)38-24-21(32)19(30)17(28)15(37-24)9-35-23-20(31)18(29)16(27)14(8-26)36-23/h4-7,14-21,23-24,26-32H,8-9H2,1-3H3/t14-,15+,16-,17-,18+,19+,20-,21+,23+,24+/m1/s1. The van der Waals surface area contributed by atoms with E-state index < -0.39 is 86.2 Å². The first-order chi connectivity index (χ1) is 18.4. The van der Waals surface area contributed by atoms with Crippen LogP contribution < -0.4 is 9.47 Å². The molecule has 39 heavy (non-hydrogen) atoms. The maximum atomic E-state index is 13.1. The number of methoxy groups -OCH3 is 1. The van der Waals surface area contributed by atoms with Crippen LogP contribution in [0.25, 0.3) is 6.08 Å². The van der Waals surface area contributed by atoms with Gasteiger partial charge >= 0.3 is 5.97 Å². The van der Waals surface area contributed by atoms with Crippen molar-refractivity contribution in [2.45, 2.75) is 80.9 Å². The number of carbonyl (C=O) groups is 1. The lowest BCUT2D eigenvalue weighted by molar-refractivity contribution is -0.325. The molecule has 3 aliphatic heterocycles. The maximum Gasteiger partial charge on any atom is 0.344 e. The van der Waals surface area contributed by atoms with E-state index in [1.165, 1.54) is 19.2 Å². The molecule has 0 unspecified atom stereocenters. The predicted octanol–water partition coefficient (Wildman–Crippen LogP) is -2.34. The molecule has 1 aromatic carbocycles. The number of rotatable bonds is 7. The first-order valence-electron chi connectivity index (χ1n) is 12.3. The van der Waals surface area contributed by atoms with Gasteiger partial charge in [-0.15, -0.1) is 0 Å². The zero-order chi connectivity index (χ0) is 28.6. The van der Waals surface area contributed by atoms with Crippen molar-refractivity contribution in [3.8, 4) is 11.5 Å². The lowest BCUT2D eigenvalue weighted by Crippen LogP contribution is -2.61. The van der Waals surface area contributed by atoms with Gasteiger partial charge in [-0.25, -0.2) is 4.79 Å². The van der Waals surface area contributed by atoms with Crippen LogP contribution in [0, 0.1) is 0 Å². The predicted molar refractivity (Wildman–Crippen MR) is 129 cm³/mol. The van der Waals surface area contributed by atoms with E-state index in [1.807, 2.05) is 19.9 Å². The Morgan fingerprint density at radius 3 is 2.15 bits per heavy atom. The third-order valence-corrected chi connectivity index (χ3v) is 6.75. The quantitative estimate of drug-likeness (QED) is 0.175. The van der Waals surface area contributed by atoms with Crippen molar-refractivity contribution in [1.82, 2.24) is 0 Å². The molecule has 0 aliphatic carbocycles. The molecule has 10 atom stereocenters. The Labute approximate surface area is 223 Å². The second kappa shape index (κ2) is 11.6. The molecule has 2 fully saturated rings. The zero-order valence-corrected chi connectivity index (χ0v) is 21.5. The summed E-state index contributed by atoms with van der Waals surface area (Å²) >= 11 is 0. The van der Waals surface area contributed by atoms with Crippen LogP contribution in [0.15, 0.2) is 18.2 Å². The van der Waals surface area contributed by atoms with E-state index in [0.29, 0.717) is 11.3 Å². The Kier molecular flexibility index (Phi) is 8.82. The van der Waals surface area contributed by atoms with Crippen LogP contribution >= 0.6 is 0 Å². The average Bonchev–Trinajstić information content (AvgIpc) is 2.90. The number of ether oxygens (including phenoxy) is 6. The van der Waals surface area contributed by atoms with Crippen molar-refractivity contribution in [3.63, 3.8) is 0 Å². The Morgan fingerprint density at radius 2 is 1.51 bits per heavy atom. The van der Waals surface area contributed by atoms with Crippen LogP contribution in [0.5, 0.6) is 11.5 Å². The molecule has 0 aromatic heterocycles. The smallest absolute Gasteiger partial charge is 0.344 e. The van der Waals surface area contributed by atoms with Crippen LogP contribution in [0.1, 0.15) is 29.8 Å². The molecular weight excluding hydrogens is 524 g/mol. The van der Waals surface area contributed by atoms with Crippen molar-refractivity contribution in [1.29, 1.82) is 0 Å². The van der Waals surface area contributed by atoms with Crippen molar-refractivity contribution in [2.75, 3.05) is 20.3 Å². The van der Waals surface area contributed by atoms with E-state index >= 15 is 0 Å². The maximum absolute atomic E-state index is 13.1. The van der Waals surface area contributed by atoms with Crippen molar-refractivity contribution in [2.24, 2.45) is 0 Å². The van der Waals surface area contributed by atoms with E-state index in [1.54, 1.807) is 6.08 Å². The molecule has 14 nitrogen and oxygen atoms in total. The Hall–Kier alpha value is -2.37. The molecular formula is C25H34O14. The molecule has 2 saturated heterocycles. The van der Waals surface area contributed by atoms with Gasteiger partial charge in [-0.05, 0) is 26.0 Å². The van der Waals surface area contributed by atoms with Crippen LogP contribution in [0.2, 0.25) is 0 Å². The van der Waals surface area contributed by atoms with Gasteiger partial charge in [0.25, 0.3) is 0 Å². The number of fused-ring (bicyclic) bond motifs is 1. The van der Waals surface area contributed by atoms with Gasteiger partial charge in [-0.2, -0.15) is 0 Å². The molecule has 3 aliphatic rings. The Bertz CT molecular complexity index is 1060. The third-order valence-electron chi connectivity index (χ3n) is 6.75. The van der Waals surface area contributed by atoms with E-state index in [9.17, 15) is 40.5 Å². The summed E-state index contributed by atoms with van der Waals surface area (Å²) in [6, 6.07) is 2.99. The van der Waals surface area contributed by atoms with Gasteiger partial charge < -0.3 is 64.2 Å². The lowest BCUT2D eigenvalue weighted by Gasteiger charge is -2.42. The number of carbonyl (C=O) groups excluding carboxylic acids is 1. The van der Waals surface area contributed by atoms with Crippen LogP contribution in [0.3, 0.4) is 0 Å². The zero-order valence-electron chi connectivity index (χ0n) is 21.5. The SMILES string of the molecule is COc1cc2c(cc1C(=O)O[C@@H]1O[C@@H](CO[C@H]3O[C@H](CO)[C@@H](O)[C@H](O)[C@H]3O)[C@@H](O)[C@H](O)[C@@H]1O)C=CC(C)(C)O2. The van der Waals surface area contributed by atoms with Crippen LogP contribution in [0.4, 0.5) is 0 Å². The minimum Gasteiger partial charge on any atom is -0.496 e. The highest BCUT2D eigenvalue weighted by molar-refractivity contribution is 5.94. The number of aliphatic hydroxyl groups excluding tert-OH is 7. The number of aliphatic hydroxyl groups is 7. The molecule has 0 bridgehead atoms. The first-order valence-corrected chi connectivity index (χ1v) is 12.3. The first kappa shape index (κ1) is 29.6. The van der Waals surface area contributed by atoms with Crippen LogP contribution in [-0.2, 0) is 18.9 Å². The molecule has 0 amide bonds. The summed E-state index contributed by atoms with van der Waals surface area (Å²) in [6.45, 7) is 2.48. The second-order valence-electron chi connectivity index (χ2n) is 10.1. The fraction of sp³-hybridized carbons (Fsp3) is 0.640. The minimum absolute atomic E-state index is 0.0188. The van der Waals surface area contributed by atoms with Gasteiger partial charge in [0.15, 0.2) is 6.29 Å². The number of hydrogen-bond acceptors (Lipinski definition) is 14. The van der Waals surface area contributed by atoms with Crippen LogP contribution in [-0.4, -0.2) is 129 Å². The normalized spacial score (nSPS) is 37.5. The summed E-state index contributed by atoms with van der Waals surface area (Å²) in [6.07, 6.45) is -12.7. The highest BCUT2D eigenvalue weighted by Gasteiger charge is 2.48. The molecule has 7 N–H and O–H groups in total. The lowest BCUT2D eigenvalue weighted by atomic mass is 9.98. The number of hydrogen-bond donors (Lipinski definition) is 7. The summed E-state index contributed by atoms with van der Waals surface area (Å²) in [5, 5.41) is 70.4. The number of esters is 1. The van der Waals surface area contributed by atoms with E-state index in [2.05, 4.69) is 0 Å². The second-order valence-corrected chi connectivity index (χ2v) is 10.1. The van der Waals surface area contributed by atoms with Crippen molar-refractivity contribution >= 4 is 12.0 Å². The summed E-state index contributed by atoms with van der Waals surface area (Å²) in [5.74, 6) is -0.360. The highest BCUT2D eigenvalue weighted by atomic mass is 16.7. The molecule has 0 radical (unpaired) electrons. The monoisotopic (exact) mass is 558 g/mol. The topological polar surface area (TPSA) is 214 Å². The Balaban J connectivity index is 1.46. The van der Waals surface area contributed by atoms with E-state index in [4.69, 9.17) is 28.4 Å². The van der Waals surface area contributed by atoms with Gasteiger partial charge in [0.2, 0.25) is 6.29 Å². The fourth-order valence-corrected chi connectivity index (χ4v) is 4.45. The summed E-state index contributed by atoms with van der Waals surface area (Å²) < 4.78 is 32.6. The Morgan fingerprint density at radius 1 is 0.897 bits per heavy atom. The molecule has 0 saturated carbocycles. The van der Waals surface area contributed by atoms with E-state index in [-0.39, 0.29) is 11.3 Å². The molecule has 4 rings (SSSR count). The summed E-state index contributed by atoms with van der Waals surface area (Å²) in [4.78, 5) is 13.1. The largest absolute Gasteiger partial charge is 0.496 e. The van der Waals surface area contributed by atoms with Crippen molar-refractivity contribution < 1.29 is 69.0 Å². The number of benzene rings is 1. The molecule has 14 heteroatoms. The van der Waals surface area contributed by atoms with Gasteiger partial charge in [-0.3, -0.25) is 0 Å². The van der Waals surface area contributed by atoms with E-state index in [0.717, 1.165) is 0 Å². The third kappa shape index (κ3) is 6.05. The summed E-state index contributed by atoms with van der Waals surface area (Å²) in [7, 11) is 1.35. The summed E-state index contributed by atoms with van der Waals surface area (Å²) in [5.41, 5.74) is -0.00722. The fourth-order valence-electron chi connectivity index (χ4n) is 4.45. The van der Waals surface area contributed by atoms with Gasteiger partial charge in [-0.1, -0.05) is 6.08 Å². The molecule has 3 heterocycles. The van der Waals surface area contributed by atoms with Crippen molar-refractivity contribution in [3.05, 3.63) is 29.3 Å². The molecule has 0 spiro atoms. The van der Waals surface area contributed by atoms with Gasteiger partial charge in [0.1, 0.15) is 71.5 Å². The minimum atomic E-state index is -1.83.